The average Bonchev–Trinajstić information content (AvgIpc) is 2.29. The van der Waals surface area contributed by atoms with Crippen LogP contribution in [-0.2, 0) is 0 Å². The third-order valence-electron chi connectivity index (χ3n) is 2.97. The Balaban J connectivity index is 2.20. The molecule has 0 fully saturated rings. The third kappa shape index (κ3) is 2.07. The van der Waals surface area contributed by atoms with Crippen molar-refractivity contribution in [2.45, 2.75) is 6.42 Å². The van der Waals surface area contributed by atoms with E-state index in [0.717, 1.165) is 32.6 Å². The van der Waals surface area contributed by atoms with Gasteiger partial charge in [-0.25, -0.2) is 0 Å². The van der Waals surface area contributed by atoms with Gasteiger partial charge in [0.15, 0.2) is 0 Å². The molecule has 3 nitrogen and oxygen atoms in total. The summed E-state index contributed by atoms with van der Waals surface area (Å²) in [6, 6.07) is 8.58. The zero-order valence-corrected chi connectivity index (χ0v) is 9.32. The molecule has 0 bridgehead atoms. The molecule has 0 unspecified atom stereocenters. The molecular formula is C12H19N3. The quantitative estimate of drug-likeness (QED) is 0.807. The van der Waals surface area contributed by atoms with Crippen molar-refractivity contribution in [3.63, 3.8) is 0 Å². The highest BCUT2D eigenvalue weighted by Gasteiger charge is 2.18. The summed E-state index contributed by atoms with van der Waals surface area (Å²) in [5, 5.41) is 0. The topological polar surface area (TPSA) is 32.5 Å². The molecule has 0 radical (unpaired) electrons. The van der Waals surface area contributed by atoms with E-state index in [2.05, 4.69) is 41.1 Å². The SMILES string of the molecule is CN1CCN(CCCN)c2ccccc21. The van der Waals surface area contributed by atoms with Crippen LogP contribution >= 0.6 is 0 Å². The molecule has 0 amide bonds. The minimum atomic E-state index is 0.772. The Labute approximate surface area is 91.5 Å². The molecule has 3 heteroatoms. The van der Waals surface area contributed by atoms with Gasteiger partial charge in [-0.15, -0.1) is 0 Å². The van der Waals surface area contributed by atoms with Gasteiger partial charge in [-0.1, -0.05) is 12.1 Å². The third-order valence-corrected chi connectivity index (χ3v) is 2.97. The maximum atomic E-state index is 5.56. The van der Waals surface area contributed by atoms with Crippen LogP contribution in [0.4, 0.5) is 11.4 Å². The van der Waals surface area contributed by atoms with E-state index < -0.39 is 0 Å². The molecule has 2 rings (SSSR count). The van der Waals surface area contributed by atoms with Crippen molar-refractivity contribution < 1.29 is 0 Å². The van der Waals surface area contributed by atoms with Crippen LogP contribution < -0.4 is 15.5 Å². The molecule has 1 aliphatic heterocycles. The van der Waals surface area contributed by atoms with E-state index in [4.69, 9.17) is 5.73 Å². The molecule has 1 aromatic carbocycles. The van der Waals surface area contributed by atoms with Gasteiger partial charge < -0.3 is 15.5 Å². The number of rotatable bonds is 3. The summed E-state index contributed by atoms with van der Waals surface area (Å²) in [6.07, 6.45) is 1.07. The molecule has 0 spiro atoms. The molecule has 1 aliphatic rings. The Morgan fingerprint density at radius 2 is 1.93 bits per heavy atom. The maximum Gasteiger partial charge on any atom is 0.0604 e. The number of hydrogen-bond donors (Lipinski definition) is 1. The van der Waals surface area contributed by atoms with Crippen LogP contribution in [0.25, 0.3) is 0 Å². The van der Waals surface area contributed by atoms with Crippen molar-refractivity contribution in [1.29, 1.82) is 0 Å². The van der Waals surface area contributed by atoms with E-state index in [1.807, 2.05) is 0 Å². The van der Waals surface area contributed by atoms with Crippen LogP contribution in [0, 0.1) is 0 Å². The molecule has 1 heterocycles. The molecule has 0 aliphatic carbocycles. The number of nitrogens with zero attached hydrogens (tertiary/aromatic N) is 2. The Hall–Kier alpha value is -1.22. The lowest BCUT2D eigenvalue weighted by Gasteiger charge is -2.37. The summed E-state index contributed by atoms with van der Waals surface area (Å²) < 4.78 is 0. The summed E-state index contributed by atoms with van der Waals surface area (Å²) >= 11 is 0. The first-order valence-corrected chi connectivity index (χ1v) is 5.58. The highest BCUT2D eigenvalue weighted by molar-refractivity contribution is 5.72. The second kappa shape index (κ2) is 4.53. The average molecular weight is 205 g/mol. The molecule has 0 saturated heterocycles. The van der Waals surface area contributed by atoms with Crippen LogP contribution in [0.5, 0.6) is 0 Å². The summed E-state index contributed by atoms with van der Waals surface area (Å²) in [5.41, 5.74) is 8.24. The van der Waals surface area contributed by atoms with Crippen molar-refractivity contribution in [2.24, 2.45) is 5.73 Å². The van der Waals surface area contributed by atoms with E-state index in [1.54, 1.807) is 0 Å². The summed E-state index contributed by atoms with van der Waals surface area (Å²) in [6.45, 7) is 4.05. The Morgan fingerprint density at radius 1 is 1.20 bits per heavy atom. The van der Waals surface area contributed by atoms with Crippen molar-refractivity contribution in [3.8, 4) is 0 Å². The molecule has 15 heavy (non-hydrogen) atoms. The number of anilines is 2. The number of para-hydroxylation sites is 2. The first-order chi connectivity index (χ1) is 7.33. The largest absolute Gasteiger partial charge is 0.371 e. The Bertz CT molecular complexity index is 324. The minimum Gasteiger partial charge on any atom is -0.371 e. The molecule has 82 valence electrons. The first kappa shape index (κ1) is 10.3. The van der Waals surface area contributed by atoms with Crippen LogP contribution in [0.2, 0.25) is 0 Å². The number of nitrogens with two attached hydrogens (primary N) is 1. The summed E-state index contributed by atoms with van der Waals surface area (Å²) in [7, 11) is 2.15. The van der Waals surface area contributed by atoms with E-state index in [9.17, 15) is 0 Å². The lowest BCUT2D eigenvalue weighted by Crippen LogP contribution is -2.40. The fourth-order valence-electron chi connectivity index (χ4n) is 2.08. The fraction of sp³-hybridized carbons (Fsp3) is 0.500. The van der Waals surface area contributed by atoms with Gasteiger partial charge in [0.1, 0.15) is 0 Å². The van der Waals surface area contributed by atoms with Crippen LogP contribution in [0.3, 0.4) is 0 Å². The van der Waals surface area contributed by atoms with Gasteiger partial charge in [0.25, 0.3) is 0 Å². The lowest BCUT2D eigenvalue weighted by molar-refractivity contribution is 0.701. The number of hydrogen-bond acceptors (Lipinski definition) is 3. The Morgan fingerprint density at radius 3 is 2.67 bits per heavy atom. The lowest BCUT2D eigenvalue weighted by atomic mass is 10.1. The van der Waals surface area contributed by atoms with Gasteiger partial charge in [-0.05, 0) is 25.1 Å². The van der Waals surface area contributed by atoms with Gasteiger partial charge in [0.05, 0.1) is 11.4 Å². The van der Waals surface area contributed by atoms with Crippen LogP contribution in [0.1, 0.15) is 6.42 Å². The highest BCUT2D eigenvalue weighted by Crippen LogP contribution is 2.31. The van der Waals surface area contributed by atoms with Crippen molar-refractivity contribution in [3.05, 3.63) is 24.3 Å². The Kier molecular flexibility index (Phi) is 3.11. The molecule has 1 aromatic rings. The predicted octanol–water partition coefficient (Wildman–Crippen LogP) is 1.29. The van der Waals surface area contributed by atoms with Gasteiger partial charge in [-0.2, -0.15) is 0 Å². The zero-order valence-electron chi connectivity index (χ0n) is 9.32. The van der Waals surface area contributed by atoms with Crippen molar-refractivity contribution >= 4 is 11.4 Å². The van der Waals surface area contributed by atoms with Gasteiger partial charge in [-0.3, -0.25) is 0 Å². The molecular weight excluding hydrogens is 186 g/mol. The minimum absolute atomic E-state index is 0.772. The van der Waals surface area contributed by atoms with Gasteiger partial charge in [0, 0.05) is 26.7 Å². The van der Waals surface area contributed by atoms with E-state index in [0.29, 0.717) is 0 Å². The number of likely N-dealkylation sites (N-methyl/N-ethyl adjacent to an activating group) is 1. The van der Waals surface area contributed by atoms with E-state index in [-0.39, 0.29) is 0 Å². The molecule has 0 saturated carbocycles. The highest BCUT2D eigenvalue weighted by atomic mass is 15.2. The van der Waals surface area contributed by atoms with Crippen molar-refractivity contribution in [2.75, 3.05) is 43.0 Å². The molecule has 0 atom stereocenters. The maximum absolute atomic E-state index is 5.56. The second-order valence-electron chi connectivity index (χ2n) is 4.04. The van der Waals surface area contributed by atoms with E-state index >= 15 is 0 Å². The molecule has 0 aromatic heterocycles. The summed E-state index contributed by atoms with van der Waals surface area (Å²) in [5.74, 6) is 0. The van der Waals surface area contributed by atoms with Gasteiger partial charge in [0.2, 0.25) is 0 Å². The fourth-order valence-corrected chi connectivity index (χ4v) is 2.08. The van der Waals surface area contributed by atoms with Gasteiger partial charge >= 0.3 is 0 Å². The van der Waals surface area contributed by atoms with Crippen molar-refractivity contribution in [1.82, 2.24) is 0 Å². The summed E-state index contributed by atoms with van der Waals surface area (Å²) in [4.78, 5) is 4.75. The number of benzene rings is 1. The van der Waals surface area contributed by atoms with Crippen LogP contribution in [0.15, 0.2) is 24.3 Å². The number of fused-ring (bicyclic) bond motifs is 1. The predicted molar refractivity (Wildman–Crippen MR) is 65.6 cm³/mol. The van der Waals surface area contributed by atoms with Crippen LogP contribution in [-0.4, -0.2) is 33.2 Å². The zero-order chi connectivity index (χ0) is 10.7. The molecule has 2 N–H and O–H groups in total. The standard InChI is InChI=1S/C12H19N3/c1-14-9-10-15(8-4-7-13)12-6-3-2-5-11(12)14/h2-3,5-6H,4,7-10,13H2,1H3. The van der Waals surface area contributed by atoms with E-state index in [1.165, 1.54) is 11.4 Å². The smallest absolute Gasteiger partial charge is 0.0604 e. The monoisotopic (exact) mass is 205 g/mol. The normalized spacial score (nSPS) is 15.3. The first-order valence-electron chi connectivity index (χ1n) is 5.58. The second-order valence-corrected chi connectivity index (χ2v) is 4.04.